The molecule has 10 heteroatoms. The van der Waals surface area contributed by atoms with E-state index in [1.165, 1.54) is 0 Å². The van der Waals surface area contributed by atoms with E-state index in [-0.39, 0.29) is 6.42 Å². The predicted molar refractivity (Wildman–Crippen MR) is 42.7 cm³/mol. The summed E-state index contributed by atoms with van der Waals surface area (Å²) >= 11 is 0. The maximum Gasteiger partial charge on any atom is 0.381 e. The minimum absolute atomic E-state index is 0.0950. The third kappa shape index (κ3) is 4.62. The monoisotopic (exact) mass is 224 g/mol. The lowest BCUT2D eigenvalue weighted by atomic mass is 10.3. The van der Waals surface area contributed by atoms with Gasteiger partial charge in [0.05, 0.1) is 4.52 Å². The fourth-order valence-electron chi connectivity index (χ4n) is 0.500. The van der Waals surface area contributed by atoms with Gasteiger partial charge in [-0.15, -0.1) is 4.28 Å². The maximum absolute atomic E-state index is 10.8. The van der Waals surface area contributed by atoms with Gasteiger partial charge in [-0.25, -0.2) is 0 Å². The van der Waals surface area contributed by atoms with Crippen LogP contribution in [0.1, 0.15) is 19.8 Å². The van der Waals surface area contributed by atoms with Crippen LogP contribution in [0.15, 0.2) is 4.52 Å². The zero-order valence-corrected chi connectivity index (χ0v) is 8.01. The number of hydrogen-bond acceptors (Lipinski definition) is 5. The van der Waals surface area contributed by atoms with Gasteiger partial charge in [0, 0.05) is 11.3 Å². The summed E-state index contributed by atoms with van der Waals surface area (Å²) in [5, 5.41) is 8.23. The second-order valence-electron chi connectivity index (χ2n) is 2.09. The van der Waals surface area contributed by atoms with E-state index < -0.39 is 21.4 Å². The third-order valence-electron chi connectivity index (χ3n) is 0.979. The molecule has 80 valence electrons. The van der Waals surface area contributed by atoms with E-state index in [4.69, 9.17) is 10.7 Å². The molecule has 0 unspecified atom stereocenters. The van der Waals surface area contributed by atoms with Crippen molar-refractivity contribution in [1.82, 2.24) is 5.23 Å². The SMILES string of the molecule is CCCC(=O)N(O)OS(=O)(=O)N=[N+]=[N-]. The Morgan fingerprint density at radius 1 is 1.71 bits per heavy atom. The third-order valence-corrected chi connectivity index (χ3v) is 1.58. The first kappa shape index (κ1) is 12.7. The molecule has 0 bridgehead atoms. The Balaban J connectivity index is 4.39. The fraction of sp³-hybridized carbons (Fsp3) is 0.750. The summed E-state index contributed by atoms with van der Waals surface area (Å²) in [6.07, 6.45) is 0.309. The maximum atomic E-state index is 10.8. The molecule has 0 saturated heterocycles. The second kappa shape index (κ2) is 5.40. The number of carbonyl (C=O) groups is 1. The smallest absolute Gasteiger partial charge is 0.270 e. The predicted octanol–water partition coefficient (Wildman–Crippen LogP) is 0.491. The van der Waals surface area contributed by atoms with Gasteiger partial charge in [0.25, 0.3) is 5.91 Å². The standard InChI is InChI=1S/C4H8N4O5S/c1-2-3-4(9)8(10)13-14(11,12)7-6-5/h10H,2-3H2,1H3. The quantitative estimate of drug-likeness (QED) is 0.238. The first-order valence-corrected chi connectivity index (χ1v) is 4.82. The molecule has 9 nitrogen and oxygen atoms in total. The Morgan fingerprint density at radius 3 is 2.71 bits per heavy atom. The summed E-state index contributed by atoms with van der Waals surface area (Å²) in [4.78, 5) is 12.7. The van der Waals surface area contributed by atoms with E-state index in [9.17, 15) is 13.2 Å². The van der Waals surface area contributed by atoms with Crippen LogP contribution in [-0.4, -0.2) is 24.8 Å². The Bertz CT molecular complexity index is 345. The van der Waals surface area contributed by atoms with Crippen molar-refractivity contribution in [3.63, 3.8) is 0 Å². The van der Waals surface area contributed by atoms with Crippen LogP contribution in [0, 0.1) is 0 Å². The van der Waals surface area contributed by atoms with Crippen molar-refractivity contribution in [2.75, 3.05) is 0 Å². The molecule has 0 aromatic heterocycles. The van der Waals surface area contributed by atoms with Gasteiger partial charge in [-0.3, -0.25) is 10.0 Å². The van der Waals surface area contributed by atoms with Crippen LogP contribution in [0.3, 0.4) is 0 Å². The van der Waals surface area contributed by atoms with Crippen LogP contribution in [0.2, 0.25) is 0 Å². The van der Waals surface area contributed by atoms with E-state index in [1.54, 1.807) is 6.92 Å². The van der Waals surface area contributed by atoms with Gasteiger partial charge in [0.1, 0.15) is 0 Å². The first-order valence-electron chi connectivity index (χ1n) is 3.45. The normalized spacial score (nSPS) is 10.4. The molecule has 1 amide bonds. The van der Waals surface area contributed by atoms with Crippen LogP contribution in [0.25, 0.3) is 10.4 Å². The van der Waals surface area contributed by atoms with Crippen molar-refractivity contribution < 1.29 is 22.7 Å². The molecule has 0 fully saturated rings. The lowest BCUT2D eigenvalue weighted by Crippen LogP contribution is -2.29. The van der Waals surface area contributed by atoms with Gasteiger partial charge < -0.3 is 0 Å². The summed E-state index contributed by atoms with van der Waals surface area (Å²) in [6.45, 7) is 1.65. The number of nitrogens with zero attached hydrogens (tertiary/aromatic N) is 4. The number of carbonyl (C=O) groups excluding carboxylic acids is 1. The van der Waals surface area contributed by atoms with Crippen molar-refractivity contribution in [2.24, 2.45) is 4.52 Å². The molecule has 0 heterocycles. The summed E-state index contributed by atoms with van der Waals surface area (Å²) in [5.74, 6) is -0.954. The zero-order valence-electron chi connectivity index (χ0n) is 7.19. The highest BCUT2D eigenvalue weighted by Crippen LogP contribution is 2.02. The molecule has 0 saturated carbocycles. The van der Waals surface area contributed by atoms with Crippen LogP contribution < -0.4 is 0 Å². The van der Waals surface area contributed by atoms with Gasteiger partial charge in [0.15, 0.2) is 0 Å². The molecule has 0 aliphatic carbocycles. The van der Waals surface area contributed by atoms with Crippen molar-refractivity contribution in [1.29, 1.82) is 0 Å². The molecule has 0 aromatic rings. The van der Waals surface area contributed by atoms with E-state index >= 15 is 0 Å². The number of rotatable bonds is 5. The van der Waals surface area contributed by atoms with Crippen molar-refractivity contribution in [3.8, 4) is 0 Å². The van der Waals surface area contributed by atoms with E-state index in [1.807, 2.05) is 4.91 Å². The van der Waals surface area contributed by atoms with E-state index in [0.29, 0.717) is 6.42 Å². The Kier molecular flexibility index (Phi) is 4.87. The molecule has 0 rings (SSSR count). The second-order valence-corrected chi connectivity index (χ2v) is 3.26. The Labute approximate surface area is 79.7 Å². The molecule has 0 aromatic carbocycles. The van der Waals surface area contributed by atoms with Gasteiger partial charge >= 0.3 is 10.3 Å². The van der Waals surface area contributed by atoms with Gasteiger partial charge in [-0.1, -0.05) is 12.2 Å². The number of amides is 1. The average molecular weight is 224 g/mol. The van der Waals surface area contributed by atoms with Crippen LogP contribution in [-0.2, 0) is 19.4 Å². The van der Waals surface area contributed by atoms with Crippen LogP contribution >= 0.6 is 0 Å². The summed E-state index contributed by atoms with van der Waals surface area (Å²) in [7, 11) is -4.63. The number of hydroxylamine groups is 2. The van der Waals surface area contributed by atoms with Crippen LogP contribution in [0.4, 0.5) is 0 Å². The molecular weight excluding hydrogens is 216 g/mol. The lowest BCUT2D eigenvalue weighted by Gasteiger charge is -2.10. The van der Waals surface area contributed by atoms with Crippen LogP contribution in [0.5, 0.6) is 0 Å². The molecule has 0 spiro atoms. The number of hydrogen-bond donors (Lipinski definition) is 1. The highest BCUT2D eigenvalue weighted by atomic mass is 32.2. The molecular formula is C4H8N4O5S. The fourth-order valence-corrected chi connectivity index (χ4v) is 0.881. The lowest BCUT2D eigenvalue weighted by molar-refractivity contribution is -0.262. The number of azide groups is 1. The molecule has 0 atom stereocenters. The zero-order chi connectivity index (χ0) is 11.2. The summed E-state index contributed by atoms with van der Waals surface area (Å²) in [5.41, 5.74) is 7.77. The van der Waals surface area contributed by atoms with Gasteiger partial charge in [-0.2, -0.15) is 8.42 Å². The molecule has 14 heavy (non-hydrogen) atoms. The minimum Gasteiger partial charge on any atom is -0.270 e. The van der Waals surface area contributed by atoms with E-state index in [2.05, 4.69) is 8.80 Å². The summed E-state index contributed by atoms with van der Waals surface area (Å²) < 4.78 is 27.0. The molecule has 0 aliphatic heterocycles. The minimum atomic E-state index is -4.63. The topological polar surface area (TPSA) is 133 Å². The average Bonchev–Trinajstić information content (AvgIpc) is 2.03. The van der Waals surface area contributed by atoms with Gasteiger partial charge in [0.2, 0.25) is 0 Å². The van der Waals surface area contributed by atoms with Gasteiger partial charge in [-0.05, 0) is 12.0 Å². The molecule has 0 radical (unpaired) electrons. The summed E-state index contributed by atoms with van der Waals surface area (Å²) in [6, 6.07) is 0. The highest BCUT2D eigenvalue weighted by Gasteiger charge is 2.19. The largest absolute Gasteiger partial charge is 0.381 e. The molecule has 1 N–H and O–H groups in total. The highest BCUT2D eigenvalue weighted by molar-refractivity contribution is 7.85. The first-order chi connectivity index (χ1) is 6.43. The Hall–Kier alpha value is -1.35. The van der Waals surface area contributed by atoms with Crippen molar-refractivity contribution in [3.05, 3.63) is 10.4 Å². The van der Waals surface area contributed by atoms with Crippen molar-refractivity contribution in [2.45, 2.75) is 19.8 Å². The van der Waals surface area contributed by atoms with Crippen molar-refractivity contribution >= 4 is 16.2 Å². The Morgan fingerprint density at radius 2 is 2.29 bits per heavy atom. The molecule has 0 aliphatic rings. The van der Waals surface area contributed by atoms with E-state index in [0.717, 1.165) is 0 Å².